The molecule has 1 aliphatic carbocycles. The van der Waals surface area contributed by atoms with Crippen LogP contribution in [0.25, 0.3) is 0 Å². The first kappa shape index (κ1) is 15.5. The van der Waals surface area contributed by atoms with Gasteiger partial charge >= 0.3 is 0 Å². The number of hydrogen-bond acceptors (Lipinski definition) is 3. The minimum atomic E-state index is -3.42. The van der Waals surface area contributed by atoms with Gasteiger partial charge < -0.3 is 5.11 Å². The summed E-state index contributed by atoms with van der Waals surface area (Å²) < 4.78 is 26.9. The topological polar surface area (TPSA) is 66.4 Å². The molecule has 2 rings (SSSR count). The Morgan fingerprint density at radius 3 is 2.35 bits per heavy atom. The van der Waals surface area contributed by atoms with Crippen molar-refractivity contribution in [3.8, 4) is 0 Å². The molecule has 0 amide bonds. The van der Waals surface area contributed by atoms with Crippen LogP contribution in [0.5, 0.6) is 0 Å². The van der Waals surface area contributed by atoms with Crippen molar-refractivity contribution in [3.63, 3.8) is 0 Å². The van der Waals surface area contributed by atoms with Crippen molar-refractivity contribution in [2.75, 3.05) is 6.54 Å². The molecule has 0 heterocycles. The zero-order valence-electron chi connectivity index (χ0n) is 11.7. The lowest BCUT2D eigenvalue weighted by molar-refractivity contribution is 0.282. The van der Waals surface area contributed by atoms with Crippen LogP contribution in [-0.4, -0.2) is 20.1 Å². The number of hydrogen-bond donors (Lipinski definition) is 2. The molecule has 0 radical (unpaired) electrons. The van der Waals surface area contributed by atoms with E-state index in [1.165, 1.54) is 44.2 Å². The molecule has 2 N–H and O–H groups in total. The summed E-state index contributed by atoms with van der Waals surface area (Å²) in [6, 6.07) is 6.34. The summed E-state index contributed by atoms with van der Waals surface area (Å²) in [6.45, 7) is 0.435. The van der Waals surface area contributed by atoms with E-state index in [0.29, 0.717) is 18.0 Å². The maximum atomic E-state index is 12.1. The Hall–Kier alpha value is -0.910. The summed E-state index contributed by atoms with van der Waals surface area (Å²) in [5, 5.41) is 8.95. The molecule has 1 aromatic carbocycles. The van der Waals surface area contributed by atoms with Crippen molar-refractivity contribution in [2.45, 2.75) is 50.0 Å². The van der Waals surface area contributed by atoms with Crippen LogP contribution < -0.4 is 4.72 Å². The fourth-order valence-electron chi connectivity index (χ4n) is 2.73. The lowest BCUT2D eigenvalue weighted by atomic mass is 9.87. The van der Waals surface area contributed by atoms with E-state index in [1.807, 2.05) is 0 Å². The van der Waals surface area contributed by atoms with Crippen LogP contribution in [0.1, 0.15) is 44.1 Å². The van der Waals surface area contributed by atoms with Gasteiger partial charge in [0.1, 0.15) is 0 Å². The first-order valence-corrected chi connectivity index (χ1v) is 8.79. The van der Waals surface area contributed by atoms with E-state index in [-0.39, 0.29) is 11.5 Å². The standard InChI is InChI=1S/C15H23NO3S/c17-12-14-6-8-15(9-7-14)20(18,19)16-11-10-13-4-2-1-3-5-13/h6-9,13,16-17H,1-5,10-12H2. The molecule has 0 spiro atoms. The van der Waals surface area contributed by atoms with Crippen molar-refractivity contribution in [1.29, 1.82) is 0 Å². The van der Waals surface area contributed by atoms with Crippen LogP contribution in [0.4, 0.5) is 0 Å². The Kier molecular flexibility index (Phi) is 5.57. The summed E-state index contributed by atoms with van der Waals surface area (Å²) in [6.07, 6.45) is 7.26. The highest BCUT2D eigenvalue weighted by Gasteiger charge is 2.16. The van der Waals surface area contributed by atoms with Gasteiger partial charge in [-0.2, -0.15) is 0 Å². The summed E-state index contributed by atoms with van der Waals surface area (Å²) in [5.41, 5.74) is 0.714. The van der Waals surface area contributed by atoms with Gasteiger partial charge in [-0.3, -0.25) is 0 Å². The van der Waals surface area contributed by atoms with E-state index >= 15 is 0 Å². The zero-order valence-corrected chi connectivity index (χ0v) is 12.5. The smallest absolute Gasteiger partial charge is 0.240 e. The maximum absolute atomic E-state index is 12.1. The molecule has 4 nitrogen and oxygen atoms in total. The van der Waals surface area contributed by atoms with Crippen molar-refractivity contribution in [2.24, 2.45) is 5.92 Å². The van der Waals surface area contributed by atoms with E-state index in [4.69, 9.17) is 5.11 Å². The fourth-order valence-corrected chi connectivity index (χ4v) is 3.78. The molecule has 0 bridgehead atoms. The third kappa shape index (κ3) is 4.30. The van der Waals surface area contributed by atoms with Gasteiger partial charge in [-0.1, -0.05) is 44.2 Å². The molecule has 1 fully saturated rings. The minimum absolute atomic E-state index is 0.0740. The lowest BCUT2D eigenvalue weighted by Gasteiger charge is -2.21. The second-order valence-corrected chi connectivity index (χ2v) is 7.26. The molecule has 0 unspecified atom stereocenters. The summed E-state index contributed by atoms with van der Waals surface area (Å²) >= 11 is 0. The van der Waals surface area contributed by atoms with E-state index in [0.717, 1.165) is 6.42 Å². The predicted octanol–water partition coefficient (Wildman–Crippen LogP) is 2.43. The number of aliphatic hydroxyl groups is 1. The maximum Gasteiger partial charge on any atom is 0.240 e. The summed E-state index contributed by atoms with van der Waals surface area (Å²) in [7, 11) is -3.42. The van der Waals surface area contributed by atoms with Crippen LogP contribution in [0, 0.1) is 5.92 Å². The van der Waals surface area contributed by atoms with Crippen LogP contribution in [-0.2, 0) is 16.6 Å². The monoisotopic (exact) mass is 297 g/mol. The molecule has 1 aliphatic rings. The molecular weight excluding hydrogens is 274 g/mol. The Labute approximate surface area is 121 Å². The Morgan fingerprint density at radius 1 is 1.10 bits per heavy atom. The molecule has 0 saturated heterocycles. The largest absolute Gasteiger partial charge is 0.392 e. The molecule has 0 atom stereocenters. The number of aliphatic hydroxyl groups excluding tert-OH is 1. The van der Waals surface area contributed by atoms with Crippen LogP contribution in [0.2, 0.25) is 0 Å². The minimum Gasteiger partial charge on any atom is -0.392 e. The Balaban J connectivity index is 1.86. The molecule has 5 heteroatoms. The molecule has 112 valence electrons. The molecule has 1 aromatic rings. The van der Waals surface area contributed by atoms with Gasteiger partial charge in [0.2, 0.25) is 10.0 Å². The van der Waals surface area contributed by atoms with Crippen LogP contribution >= 0.6 is 0 Å². The highest BCUT2D eigenvalue weighted by atomic mass is 32.2. The van der Waals surface area contributed by atoms with E-state index in [1.54, 1.807) is 12.1 Å². The quantitative estimate of drug-likeness (QED) is 0.847. The fraction of sp³-hybridized carbons (Fsp3) is 0.600. The van der Waals surface area contributed by atoms with Crippen molar-refractivity contribution < 1.29 is 13.5 Å². The van der Waals surface area contributed by atoms with Crippen LogP contribution in [0.3, 0.4) is 0 Å². The summed E-state index contributed by atoms with van der Waals surface area (Å²) in [5.74, 6) is 0.670. The first-order chi connectivity index (χ1) is 9.62. The highest BCUT2D eigenvalue weighted by Crippen LogP contribution is 2.25. The number of nitrogens with one attached hydrogen (secondary N) is 1. The average Bonchev–Trinajstić information content (AvgIpc) is 2.48. The molecule has 0 aromatic heterocycles. The SMILES string of the molecule is O=S(=O)(NCCC1CCCCC1)c1ccc(CO)cc1. The highest BCUT2D eigenvalue weighted by molar-refractivity contribution is 7.89. The number of rotatable bonds is 6. The average molecular weight is 297 g/mol. The first-order valence-electron chi connectivity index (χ1n) is 7.31. The van der Waals surface area contributed by atoms with Gasteiger partial charge in [0.15, 0.2) is 0 Å². The Morgan fingerprint density at radius 2 is 1.75 bits per heavy atom. The van der Waals surface area contributed by atoms with Gasteiger partial charge in [-0.15, -0.1) is 0 Å². The van der Waals surface area contributed by atoms with Gasteiger partial charge in [0.25, 0.3) is 0 Å². The normalized spacial score (nSPS) is 17.2. The van der Waals surface area contributed by atoms with Crippen LogP contribution in [0.15, 0.2) is 29.2 Å². The van der Waals surface area contributed by atoms with Crippen molar-refractivity contribution in [1.82, 2.24) is 4.72 Å². The molecule has 20 heavy (non-hydrogen) atoms. The molecule has 0 aliphatic heterocycles. The second kappa shape index (κ2) is 7.20. The van der Waals surface area contributed by atoms with Crippen molar-refractivity contribution >= 4 is 10.0 Å². The summed E-state index contributed by atoms with van der Waals surface area (Å²) in [4.78, 5) is 0.262. The van der Waals surface area contributed by atoms with E-state index in [2.05, 4.69) is 4.72 Å². The van der Waals surface area contributed by atoms with E-state index < -0.39 is 10.0 Å². The van der Waals surface area contributed by atoms with Gasteiger partial charge in [-0.05, 0) is 30.0 Å². The third-order valence-electron chi connectivity index (χ3n) is 3.99. The number of sulfonamides is 1. The van der Waals surface area contributed by atoms with Gasteiger partial charge in [0, 0.05) is 6.54 Å². The second-order valence-electron chi connectivity index (χ2n) is 5.49. The Bertz CT molecular complexity index is 504. The van der Waals surface area contributed by atoms with Crippen molar-refractivity contribution in [3.05, 3.63) is 29.8 Å². The van der Waals surface area contributed by atoms with Gasteiger partial charge in [0.05, 0.1) is 11.5 Å². The lowest BCUT2D eigenvalue weighted by Crippen LogP contribution is -2.26. The van der Waals surface area contributed by atoms with Gasteiger partial charge in [-0.25, -0.2) is 13.1 Å². The molecular formula is C15H23NO3S. The van der Waals surface area contributed by atoms with E-state index in [9.17, 15) is 8.42 Å². The number of benzene rings is 1. The predicted molar refractivity (Wildman–Crippen MR) is 78.7 cm³/mol. The third-order valence-corrected chi connectivity index (χ3v) is 5.46. The molecule has 1 saturated carbocycles. The zero-order chi connectivity index (χ0) is 14.4.